The van der Waals surface area contributed by atoms with Crippen LogP contribution in [-0.2, 0) is 0 Å². The van der Waals surface area contributed by atoms with Crippen LogP contribution in [0.25, 0.3) is 21.9 Å². The number of fused-ring (bicyclic) bond motifs is 2. The minimum atomic E-state index is 0.0361. The van der Waals surface area contributed by atoms with E-state index in [1.54, 1.807) is 6.92 Å². The van der Waals surface area contributed by atoms with E-state index in [0.717, 1.165) is 11.0 Å². The van der Waals surface area contributed by atoms with E-state index in [1.165, 1.54) is 6.07 Å². The maximum absolute atomic E-state index is 9.98. The van der Waals surface area contributed by atoms with Gasteiger partial charge in [0.25, 0.3) is 0 Å². The minimum absolute atomic E-state index is 0.0361. The van der Waals surface area contributed by atoms with E-state index in [-0.39, 0.29) is 11.5 Å². The molecule has 1 heterocycles. The molecular weight excluding hydrogens is 216 g/mol. The first-order valence-corrected chi connectivity index (χ1v) is 5.34. The van der Waals surface area contributed by atoms with E-state index in [1.807, 2.05) is 30.3 Å². The number of benzene rings is 2. The summed E-state index contributed by atoms with van der Waals surface area (Å²) in [5.74, 6) is 0.100. The van der Waals surface area contributed by atoms with Crippen LogP contribution in [0.5, 0.6) is 11.5 Å². The standard InChI is InChI=1S/C14H10O3/c1-8-11(15)7-13-10(14(8)16)6-9-4-2-3-5-12(9)17-13/h2-7H,1H3,(H-,15,16)/p+1. The van der Waals surface area contributed by atoms with Crippen molar-refractivity contribution in [3.8, 4) is 11.5 Å². The van der Waals surface area contributed by atoms with Crippen LogP contribution in [0, 0.1) is 6.92 Å². The minimum Gasteiger partial charge on any atom is -0.507 e. The summed E-state index contributed by atoms with van der Waals surface area (Å²) in [5.41, 5.74) is 1.66. The Morgan fingerprint density at radius 1 is 1.00 bits per heavy atom. The highest BCUT2D eigenvalue weighted by atomic mass is 16.3. The van der Waals surface area contributed by atoms with Crippen LogP contribution in [0.15, 0.2) is 40.8 Å². The normalized spacial score (nSPS) is 11.1. The average Bonchev–Trinajstić information content (AvgIpc) is 2.34. The predicted octanol–water partition coefficient (Wildman–Crippen LogP) is 3.59. The average molecular weight is 227 g/mol. The van der Waals surface area contributed by atoms with Crippen LogP contribution in [0.4, 0.5) is 0 Å². The highest BCUT2D eigenvalue weighted by Gasteiger charge is 2.18. The number of aromatic hydroxyl groups is 2. The van der Waals surface area contributed by atoms with Crippen molar-refractivity contribution < 1.29 is 14.6 Å². The molecule has 0 spiro atoms. The maximum atomic E-state index is 9.98. The second-order valence-electron chi connectivity index (χ2n) is 4.07. The van der Waals surface area contributed by atoms with Crippen LogP contribution in [0.1, 0.15) is 5.56 Å². The molecule has 0 aliphatic rings. The van der Waals surface area contributed by atoms with E-state index < -0.39 is 0 Å². The first-order valence-electron chi connectivity index (χ1n) is 5.34. The summed E-state index contributed by atoms with van der Waals surface area (Å²) >= 11 is 0. The summed E-state index contributed by atoms with van der Waals surface area (Å²) in [6.45, 7) is 1.67. The van der Waals surface area contributed by atoms with Gasteiger partial charge in [0.2, 0.25) is 0 Å². The Hall–Kier alpha value is -2.29. The number of phenols is 2. The van der Waals surface area contributed by atoms with Gasteiger partial charge < -0.3 is 10.2 Å². The van der Waals surface area contributed by atoms with Crippen molar-refractivity contribution in [2.75, 3.05) is 0 Å². The van der Waals surface area contributed by atoms with E-state index >= 15 is 0 Å². The van der Waals surface area contributed by atoms with Crippen LogP contribution in [-0.4, -0.2) is 10.2 Å². The molecule has 0 saturated heterocycles. The summed E-state index contributed by atoms with van der Waals surface area (Å²) in [6, 6.07) is 10.9. The third kappa shape index (κ3) is 1.40. The first kappa shape index (κ1) is 9.90. The molecule has 3 heteroatoms. The van der Waals surface area contributed by atoms with Crippen molar-refractivity contribution >= 4 is 21.9 Å². The van der Waals surface area contributed by atoms with Gasteiger partial charge in [0, 0.05) is 11.6 Å². The van der Waals surface area contributed by atoms with Gasteiger partial charge in [-0.1, -0.05) is 12.1 Å². The van der Waals surface area contributed by atoms with Gasteiger partial charge >= 0.3 is 11.2 Å². The zero-order valence-electron chi connectivity index (χ0n) is 9.27. The van der Waals surface area contributed by atoms with Gasteiger partial charge in [-0.05, 0) is 19.1 Å². The van der Waals surface area contributed by atoms with Crippen LogP contribution in [0.2, 0.25) is 0 Å². The number of rotatable bonds is 0. The van der Waals surface area contributed by atoms with Gasteiger partial charge in [0.15, 0.2) is 0 Å². The van der Waals surface area contributed by atoms with Crippen molar-refractivity contribution in [2.24, 2.45) is 0 Å². The molecule has 3 rings (SSSR count). The first-order chi connectivity index (χ1) is 8.16. The highest BCUT2D eigenvalue weighted by Crippen LogP contribution is 2.36. The van der Waals surface area contributed by atoms with Gasteiger partial charge in [0.05, 0.1) is 11.5 Å². The Bertz CT molecular complexity index is 732. The monoisotopic (exact) mass is 227 g/mol. The molecule has 2 aromatic carbocycles. The van der Waals surface area contributed by atoms with E-state index in [4.69, 9.17) is 4.42 Å². The zero-order chi connectivity index (χ0) is 12.0. The molecule has 3 nitrogen and oxygen atoms in total. The summed E-state index contributed by atoms with van der Waals surface area (Å²) in [4.78, 5) is 0. The second kappa shape index (κ2) is 3.35. The molecule has 0 unspecified atom stereocenters. The molecule has 0 fully saturated rings. The molecule has 0 aliphatic heterocycles. The van der Waals surface area contributed by atoms with Crippen molar-refractivity contribution in [3.05, 3.63) is 42.0 Å². The van der Waals surface area contributed by atoms with Gasteiger partial charge in [-0.15, -0.1) is 0 Å². The third-order valence-electron chi connectivity index (χ3n) is 2.97. The Morgan fingerprint density at radius 3 is 2.59 bits per heavy atom. The zero-order valence-corrected chi connectivity index (χ0v) is 9.27. The molecule has 0 aliphatic carbocycles. The lowest BCUT2D eigenvalue weighted by molar-refractivity contribution is 0.446. The lowest BCUT2D eigenvalue weighted by Crippen LogP contribution is -1.82. The SMILES string of the molecule is Cc1c(O)cc2[o+]c3ccccc3cc2c1O. The van der Waals surface area contributed by atoms with Crippen LogP contribution >= 0.6 is 0 Å². The predicted molar refractivity (Wildman–Crippen MR) is 66.2 cm³/mol. The van der Waals surface area contributed by atoms with Crippen LogP contribution in [0.3, 0.4) is 0 Å². The van der Waals surface area contributed by atoms with Crippen molar-refractivity contribution in [1.29, 1.82) is 0 Å². The van der Waals surface area contributed by atoms with Crippen LogP contribution < -0.4 is 0 Å². The Kier molecular flexibility index (Phi) is 1.95. The topological polar surface area (TPSA) is 51.8 Å². The Balaban J connectivity index is 2.52. The maximum Gasteiger partial charge on any atom is 0.368 e. The molecular formula is C14H11O3+. The highest BCUT2D eigenvalue weighted by molar-refractivity contribution is 5.94. The fraction of sp³-hybridized carbons (Fsp3) is 0.0714. The van der Waals surface area contributed by atoms with E-state index in [0.29, 0.717) is 16.5 Å². The van der Waals surface area contributed by atoms with Crippen molar-refractivity contribution in [1.82, 2.24) is 0 Å². The van der Waals surface area contributed by atoms with Crippen molar-refractivity contribution in [3.63, 3.8) is 0 Å². The molecule has 0 radical (unpaired) electrons. The van der Waals surface area contributed by atoms with Gasteiger partial charge in [-0.3, -0.25) is 0 Å². The lowest BCUT2D eigenvalue weighted by Gasteiger charge is -2.01. The quantitative estimate of drug-likeness (QED) is 0.456. The van der Waals surface area contributed by atoms with Gasteiger partial charge in [-0.2, -0.15) is 0 Å². The second-order valence-corrected chi connectivity index (χ2v) is 4.07. The molecule has 0 saturated carbocycles. The summed E-state index contributed by atoms with van der Waals surface area (Å²) in [5, 5.41) is 21.2. The molecule has 3 aromatic rings. The summed E-state index contributed by atoms with van der Waals surface area (Å²) < 4.78 is 5.64. The number of hydrogen-bond donors (Lipinski definition) is 2. The largest absolute Gasteiger partial charge is 0.507 e. The number of phenolic OH excluding ortho intramolecular Hbond substituents is 2. The van der Waals surface area contributed by atoms with E-state index in [2.05, 4.69) is 0 Å². The molecule has 84 valence electrons. The van der Waals surface area contributed by atoms with E-state index in [9.17, 15) is 10.2 Å². The smallest absolute Gasteiger partial charge is 0.368 e. The fourth-order valence-electron chi connectivity index (χ4n) is 1.94. The Labute approximate surface area is 97.6 Å². The number of hydrogen-bond acceptors (Lipinski definition) is 2. The van der Waals surface area contributed by atoms with Gasteiger partial charge in [-0.25, -0.2) is 4.42 Å². The summed E-state index contributed by atoms with van der Waals surface area (Å²) in [6.07, 6.45) is 0. The lowest BCUT2D eigenvalue weighted by atomic mass is 10.1. The summed E-state index contributed by atoms with van der Waals surface area (Å²) in [7, 11) is 0. The molecule has 0 bridgehead atoms. The Morgan fingerprint density at radius 2 is 1.76 bits per heavy atom. The number of para-hydroxylation sites is 1. The van der Waals surface area contributed by atoms with Crippen molar-refractivity contribution in [2.45, 2.75) is 6.92 Å². The molecule has 2 N–H and O–H groups in total. The molecule has 1 aromatic heterocycles. The molecule has 0 amide bonds. The fourth-order valence-corrected chi connectivity index (χ4v) is 1.94. The molecule has 17 heavy (non-hydrogen) atoms. The third-order valence-corrected chi connectivity index (χ3v) is 2.97. The molecule has 0 atom stereocenters. The van der Waals surface area contributed by atoms with Gasteiger partial charge in [0.1, 0.15) is 16.9 Å².